The van der Waals surface area contributed by atoms with Crippen LogP contribution in [0.5, 0.6) is 5.75 Å². The molecule has 1 aliphatic heterocycles. The zero-order valence-corrected chi connectivity index (χ0v) is 17.4. The summed E-state index contributed by atoms with van der Waals surface area (Å²) in [5.74, 6) is 0.875. The van der Waals surface area contributed by atoms with Crippen molar-refractivity contribution in [2.45, 2.75) is 32.0 Å². The first-order valence-corrected chi connectivity index (χ1v) is 10.2. The van der Waals surface area contributed by atoms with Gasteiger partial charge in [0.2, 0.25) is 0 Å². The maximum absolute atomic E-state index is 12.2. The Bertz CT molecular complexity index is 1050. The summed E-state index contributed by atoms with van der Waals surface area (Å²) in [7, 11) is 5.34. The van der Waals surface area contributed by atoms with Crippen molar-refractivity contribution < 1.29 is 9.47 Å². The first kappa shape index (κ1) is 19.7. The van der Waals surface area contributed by atoms with Crippen LogP contribution in [0.1, 0.15) is 24.0 Å². The summed E-state index contributed by atoms with van der Waals surface area (Å²) in [6.45, 7) is 3.37. The number of hydrogen-bond acceptors (Lipinski definition) is 4. The van der Waals surface area contributed by atoms with Gasteiger partial charge in [0.1, 0.15) is 5.75 Å². The van der Waals surface area contributed by atoms with Crippen LogP contribution in [0.2, 0.25) is 0 Å². The van der Waals surface area contributed by atoms with E-state index in [0.29, 0.717) is 0 Å². The number of fused-ring (bicyclic) bond motifs is 1. The van der Waals surface area contributed by atoms with Gasteiger partial charge in [0.15, 0.2) is 0 Å². The quantitative estimate of drug-likeness (QED) is 0.617. The van der Waals surface area contributed by atoms with Gasteiger partial charge in [-0.25, -0.2) is 4.79 Å². The van der Waals surface area contributed by atoms with Crippen LogP contribution in [-0.4, -0.2) is 40.4 Å². The molecule has 0 spiro atoms. The Labute approximate surface area is 171 Å². The van der Waals surface area contributed by atoms with E-state index in [9.17, 15) is 4.79 Å². The summed E-state index contributed by atoms with van der Waals surface area (Å²) in [5.41, 5.74) is 4.34. The lowest BCUT2D eigenvalue weighted by Gasteiger charge is -2.25. The molecule has 29 heavy (non-hydrogen) atoms. The highest BCUT2D eigenvalue weighted by atomic mass is 16.5. The monoisotopic (exact) mass is 395 g/mol. The van der Waals surface area contributed by atoms with Crippen molar-refractivity contribution >= 4 is 11.0 Å². The lowest BCUT2D eigenvalue weighted by molar-refractivity contribution is 0.0679. The molecule has 6 heteroatoms. The molecule has 0 bridgehead atoms. The average molecular weight is 396 g/mol. The molecule has 3 aromatic rings. The lowest BCUT2D eigenvalue weighted by atomic mass is 10.1. The molecule has 0 aliphatic carbocycles. The third-order valence-electron chi connectivity index (χ3n) is 5.77. The van der Waals surface area contributed by atoms with Crippen LogP contribution in [0.25, 0.3) is 11.0 Å². The van der Waals surface area contributed by atoms with E-state index in [-0.39, 0.29) is 11.8 Å². The van der Waals surface area contributed by atoms with Crippen molar-refractivity contribution in [3.8, 4) is 5.75 Å². The van der Waals surface area contributed by atoms with E-state index in [1.54, 1.807) is 16.2 Å². The number of rotatable bonds is 7. The van der Waals surface area contributed by atoms with E-state index >= 15 is 0 Å². The van der Waals surface area contributed by atoms with Gasteiger partial charge in [-0.1, -0.05) is 18.2 Å². The largest absolute Gasteiger partial charge is 0.497 e. The molecule has 1 fully saturated rings. The summed E-state index contributed by atoms with van der Waals surface area (Å²) in [4.78, 5) is 14.7. The molecule has 154 valence electrons. The van der Waals surface area contributed by atoms with Gasteiger partial charge in [-0.3, -0.25) is 14.0 Å². The Morgan fingerprint density at radius 3 is 2.55 bits per heavy atom. The predicted molar refractivity (Wildman–Crippen MR) is 114 cm³/mol. The van der Waals surface area contributed by atoms with Crippen LogP contribution >= 0.6 is 0 Å². The summed E-state index contributed by atoms with van der Waals surface area (Å²) in [5, 5.41) is 0. The molecule has 0 amide bonds. The highest BCUT2D eigenvalue weighted by Crippen LogP contribution is 2.21. The molecular weight excluding hydrogens is 366 g/mol. The fraction of sp³-hybridized carbons (Fsp3) is 0.435. The number of hydrogen-bond donors (Lipinski definition) is 0. The molecule has 1 unspecified atom stereocenters. The maximum Gasteiger partial charge on any atom is 0.328 e. The van der Waals surface area contributed by atoms with E-state index in [0.717, 1.165) is 55.9 Å². The smallest absolute Gasteiger partial charge is 0.328 e. The number of methoxy groups -OCH3 is 1. The van der Waals surface area contributed by atoms with Crippen LogP contribution in [-0.2, 0) is 31.9 Å². The molecule has 4 rings (SSSR count). The van der Waals surface area contributed by atoms with Crippen molar-refractivity contribution in [2.75, 3.05) is 20.3 Å². The molecule has 0 N–H and O–H groups in total. The minimum Gasteiger partial charge on any atom is -0.497 e. The zero-order valence-electron chi connectivity index (χ0n) is 17.4. The summed E-state index contributed by atoms with van der Waals surface area (Å²) in [6.07, 6.45) is 2.53. The second-order valence-corrected chi connectivity index (χ2v) is 7.88. The van der Waals surface area contributed by atoms with Gasteiger partial charge in [0.25, 0.3) is 0 Å². The molecular formula is C23H29N3O3. The minimum absolute atomic E-state index is 0.00439. The standard InChI is InChI=1S/C23H29N3O3/c1-24-21-10-9-18(13-22(21)25(2)23(24)27)15-26(16-20-8-5-11-29-20)14-17-6-4-7-19(12-17)28-3/h4,6-7,9-10,12-13,20H,5,8,11,14-16H2,1-3H3. The van der Waals surface area contributed by atoms with Crippen molar-refractivity contribution in [3.63, 3.8) is 0 Å². The van der Waals surface area contributed by atoms with Crippen LogP contribution < -0.4 is 10.4 Å². The van der Waals surface area contributed by atoms with Gasteiger partial charge in [0.05, 0.1) is 24.2 Å². The first-order chi connectivity index (χ1) is 14.0. The van der Waals surface area contributed by atoms with E-state index in [4.69, 9.17) is 9.47 Å². The average Bonchev–Trinajstić information content (AvgIpc) is 3.31. The second kappa shape index (κ2) is 8.43. The second-order valence-electron chi connectivity index (χ2n) is 7.88. The summed E-state index contributed by atoms with van der Waals surface area (Å²) >= 11 is 0. The predicted octanol–water partition coefficient (Wildman–Crippen LogP) is 3.07. The van der Waals surface area contributed by atoms with Crippen molar-refractivity contribution in [3.05, 3.63) is 64.1 Å². The highest BCUT2D eigenvalue weighted by Gasteiger charge is 2.20. The van der Waals surface area contributed by atoms with Crippen LogP contribution in [0.15, 0.2) is 47.3 Å². The topological polar surface area (TPSA) is 48.6 Å². The van der Waals surface area contributed by atoms with Crippen LogP contribution in [0.4, 0.5) is 0 Å². The van der Waals surface area contributed by atoms with E-state index < -0.39 is 0 Å². The fourth-order valence-corrected chi connectivity index (χ4v) is 4.20. The van der Waals surface area contributed by atoms with Gasteiger partial charge in [0, 0.05) is 40.3 Å². The Kier molecular flexibility index (Phi) is 5.74. The molecule has 0 saturated carbocycles. The molecule has 2 heterocycles. The summed E-state index contributed by atoms with van der Waals surface area (Å²) in [6, 6.07) is 14.5. The summed E-state index contributed by atoms with van der Waals surface area (Å²) < 4.78 is 14.7. The van der Waals surface area contributed by atoms with Crippen LogP contribution in [0.3, 0.4) is 0 Å². The van der Waals surface area contributed by atoms with E-state index in [1.165, 1.54) is 11.1 Å². The molecule has 1 atom stereocenters. The molecule has 2 aromatic carbocycles. The zero-order chi connectivity index (χ0) is 20.4. The number of nitrogens with zero attached hydrogens (tertiary/aromatic N) is 3. The van der Waals surface area contributed by atoms with Crippen LogP contribution in [0, 0.1) is 0 Å². The number of benzene rings is 2. The van der Waals surface area contributed by atoms with Gasteiger partial charge >= 0.3 is 5.69 Å². The molecule has 1 saturated heterocycles. The normalized spacial score (nSPS) is 16.8. The first-order valence-electron chi connectivity index (χ1n) is 10.2. The van der Waals surface area contributed by atoms with Crippen molar-refractivity contribution in [1.82, 2.24) is 14.0 Å². The van der Waals surface area contributed by atoms with Gasteiger partial charge in [-0.05, 0) is 48.2 Å². The lowest BCUT2D eigenvalue weighted by Crippen LogP contribution is -2.31. The third-order valence-corrected chi connectivity index (χ3v) is 5.77. The fourth-order valence-electron chi connectivity index (χ4n) is 4.20. The Morgan fingerprint density at radius 2 is 1.83 bits per heavy atom. The maximum atomic E-state index is 12.2. The molecule has 1 aromatic heterocycles. The van der Waals surface area contributed by atoms with Crippen molar-refractivity contribution in [2.24, 2.45) is 14.1 Å². The minimum atomic E-state index is 0.00439. The van der Waals surface area contributed by atoms with Gasteiger partial charge < -0.3 is 9.47 Å². The number of imidazole rings is 1. The Hall–Kier alpha value is -2.57. The molecule has 0 radical (unpaired) electrons. The van der Waals surface area contributed by atoms with Crippen molar-refractivity contribution in [1.29, 1.82) is 0 Å². The number of aromatic nitrogens is 2. The van der Waals surface area contributed by atoms with Gasteiger partial charge in [-0.15, -0.1) is 0 Å². The molecule has 1 aliphatic rings. The number of aryl methyl sites for hydroxylation is 2. The Morgan fingerprint density at radius 1 is 1.07 bits per heavy atom. The third kappa shape index (κ3) is 4.23. The van der Waals surface area contributed by atoms with E-state index in [2.05, 4.69) is 29.2 Å². The SMILES string of the molecule is COc1cccc(CN(Cc2ccc3c(c2)n(C)c(=O)n3C)CC2CCCO2)c1. The Balaban J connectivity index is 1.59. The van der Waals surface area contributed by atoms with Gasteiger partial charge in [-0.2, -0.15) is 0 Å². The number of ether oxygens (including phenoxy) is 2. The highest BCUT2D eigenvalue weighted by molar-refractivity contribution is 5.76. The van der Waals surface area contributed by atoms with E-state index in [1.807, 2.05) is 32.3 Å². The molecule has 6 nitrogen and oxygen atoms in total.